The van der Waals surface area contributed by atoms with Crippen molar-refractivity contribution in [1.82, 2.24) is 20.2 Å². The second-order valence-corrected chi connectivity index (χ2v) is 12.4. The molecular weight excluding hydrogens is 609 g/mol. The zero-order chi connectivity index (χ0) is 32.4. The van der Waals surface area contributed by atoms with E-state index in [9.17, 15) is 31.5 Å². The monoisotopic (exact) mass is 643 g/mol. The van der Waals surface area contributed by atoms with Crippen LogP contribution in [0.4, 0.5) is 33.6 Å². The number of hydrogen-bond acceptors (Lipinski definition) is 5. The Labute approximate surface area is 256 Å². The van der Waals surface area contributed by atoms with Crippen LogP contribution in [0.15, 0.2) is 30.3 Å². The zero-order valence-electron chi connectivity index (χ0n) is 24.7. The maximum absolute atomic E-state index is 13.2. The van der Waals surface area contributed by atoms with E-state index in [0.717, 1.165) is 5.56 Å². The number of carbonyl (C=O) groups excluding carboxylic acids is 2. The van der Waals surface area contributed by atoms with Crippen LogP contribution in [0.25, 0.3) is 11.0 Å². The lowest BCUT2D eigenvalue weighted by molar-refractivity contribution is -0.182. The maximum Gasteiger partial charge on any atom is 0.391 e. The van der Waals surface area contributed by atoms with Crippen molar-refractivity contribution >= 4 is 46.1 Å². The van der Waals surface area contributed by atoms with Crippen molar-refractivity contribution in [2.45, 2.75) is 71.6 Å². The van der Waals surface area contributed by atoms with Crippen molar-refractivity contribution in [3.8, 4) is 5.75 Å². The van der Waals surface area contributed by atoms with Gasteiger partial charge in [0, 0.05) is 31.1 Å². The minimum Gasteiger partial charge on any atom is -0.487 e. The smallest absolute Gasteiger partial charge is 0.391 e. The number of benzene rings is 2. The molecule has 3 N–H and O–H groups in total. The van der Waals surface area contributed by atoms with Gasteiger partial charge in [0.05, 0.1) is 33.2 Å². The number of imidazole rings is 1. The molecular formula is C30H35ClF5N5O3. The number of aromatic nitrogens is 2. The van der Waals surface area contributed by atoms with E-state index in [4.69, 9.17) is 16.3 Å². The molecule has 2 aromatic carbocycles. The second-order valence-electron chi connectivity index (χ2n) is 12.0. The molecule has 0 spiro atoms. The number of ether oxygens (including phenoxy) is 1. The van der Waals surface area contributed by atoms with Crippen molar-refractivity contribution in [3.63, 3.8) is 0 Å². The Morgan fingerprint density at radius 2 is 1.77 bits per heavy atom. The molecule has 44 heavy (non-hydrogen) atoms. The van der Waals surface area contributed by atoms with E-state index in [1.165, 1.54) is 12.1 Å². The minimum absolute atomic E-state index is 0.0598. The van der Waals surface area contributed by atoms with Gasteiger partial charge in [-0.05, 0) is 49.4 Å². The Bertz CT molecular complexity index is 1510. The summed E-state index contributed by atoms with van der Waals surface area (Å²) in [4.78, 5) is 30.1. The summed E-state index contributed by atoms with van der Waals surface area (Å²) in [6, 6.07) is 7.53. The zero-order valence-corrected chi connectivity index (χ0v) is 25.5. The summed E-state index contributed by atoms with van der Waals surface area (Å²) >= 11 is 6.43. The first-order valence-electron chi connectivity index (χ1n) is 14.2. The van der Waals surface area contributed by atoms with Crippen LogP contribution in [0.3, 0.4) is 0 Å². The largest absolute Gasteiger partial charge is 0.487 e. The molecule has 0 atom stereocenters. The molecule has 0 aliphatic heterocycles. The third-order valence-corrected chi connectivity index (χ3v) is 7.86. The number of alkyl halides is 5. The number of fused-ring (bicyclic) bond motifs is 1. The highest BCUT2D eigenvalue weighted by molar-refractivity contribution is 6.33. The number of nitrogens with zero attached hydrogens (tertiary/aromatic N) is 2. The molecule has 0 saturated heterocycles. The van der Waals surface area contributed by atoms with Gasteiger partial charge in [-0.15, -0.1) is 0 Å². The van der Waals surface area contributed by atoms with Gasteiger partial charge in [0.2, 0.25) is 11.9 Å². The van der Waals surface area contributed by atoms with E-state index >= 15 is 0 Å². The highest BCUT2D eigenvalue weighted by Gasteiger charge is 2.41. The first-order chi connectivity index (χ1) is 20.5. The number of aryl methyl sites for hydroxylation is 1. The number of rotatable bonds is 9. The second kappa shape index (κ2) is 13.2. The fraction of sp³-hybridized carbons (Fsp3) is 0.500. The first-order valence-corrected chi connectivity index (χ1v) is 14.5. The van der Waals surface area contributed by atoms with Gasteiger partial charge >= 0.3 is 6.18 Å². The molecule has 0 radical (unpaired) electrons. The SMILES string of the molecule is Cn1c(Nc2cc(CNC(=O)C(C)(C)C)ccc2Cl)nc2cc(C(=O)N[C@H]3CC[C@H](C(F)(F)F)CC3)c(OCC(F)F)cc21. The van der Waals surface area contributed by atoms with Crippen molar-refractivity contribution < 1.29 is 36.3 Å². The van der Waals surface area contributed by atoms with Gasteiger partial charge in [-0.1, -0.05) is 38.4 Å². The van der Waals surface area contributed by atoms with Gasteiger partial charge in [0.15, 0.2) is 0 Å². The van der Waals surface area contributed by atoms with E-state index in [2.05, 4.69) is 20.9 Å². The van der Waals surface area contributed by atoms with E-state index < -0.39 is 42.5 Å². The van der Waals surface area contributed by atoms with Gasteiger partial charge in [0.25, 0.3) is 12.3 Å². The van der Waals surface area contributed by atoms with E-state index in [-0.39, 0.29) is 49.4 Å². The van der Waals surface area contributed by atoms with Gasteiger partial charge in [0.1, 0.15) is 12.4 Å². The predicted octanol–water partition coefficient (Wildman–Crippen LogP) is 7.13. The molecule has 4 rings (SSSR count). The quantitative estimate of drug-likeness (QED) is 0.216. The lowest BCUT2D eigenvalue weighted by Gasteiger charge is -2.30. The fourth-order valence-corrected chi connectivity index (χ4v) is 5.12. The maximum atomic E-state index is 13.2. The Kier molecular flexibility index (Phi) is 9.96. The van der Waals surface area contributed by atoms with Crippen LogP contribution in [-0.2, 0) is 18.4 Å². The van der Waals surface area contributed by atoms with Crippen molar-refractivity contribution in [2.75, 3.05) is 11.9 Å². The van der Waals surface area contributed by atoms with Crippen LogP contribution in [0.2, 0.25) is 5.02 Å². The van der Waals surface area contributed by atoms with Crippen LogP contribution < -0.4 is 20.7 Å². The minimum atomic E-state index is -4.28. The third-order valence-electron chi connectivity index (χ3n) is 7.53. The van der Waals surface area contributed by atoms with Crippen molar-refractivity contribution in [1.29, 1.82) is 0 Å². The Hall–Kier alpha value is -3.61. The summed E-state index contributed by atoms with van der Waals surface area (Å²) in [5.41, 5.74) is 1.46. The molecule has 8 nitrogen and oxygen atoms in total. The molecule has 3 aromatic rings. The highest BCUT2D eigenvalue weighted by Crippen LogP contribution is 2.38. The molecule has 1 aliphatic carbocycles. The molecule has 1 aliphatic rings. The number of amides is 2. The number of carbonyl (C=O) groups is 2. The lowest BCUT2D eigenvalue weighted by Crippen LogP contribution is -2.40. The van der Waals surface area contributed by atoms with Gasteiger partial charge in [-0.25, -0.2) is 13.8 Å². The molecule has 2 amide bonds. The number of hydrogen-bond donors (Lipinski definition) is 3. The average molecular weight is 644 g/mol. The van der Waals surface area contributed by atoms with Crippen LogP contribution in [0.1, 0.15) is 62.4 Å². The van der Waals surface area contributed by atoms with Gasteiger partial charge in [-0.2, -0.15) is 13.2 Å². The Morgan fingerprint density at radius 3 is 2.39 bits per heavy atom. The van der Waals surface area contributed by atoms with Crippen molar-refractivity contribution in [3.05, 3.63) is 46.5 Å². The summed E-state index contributed by atoms with van der Waals surface area (Å²) in [5, 5.41) is 9.13. The van der Waals surface area contributed by atoms with Crippen molar-refractivity contribution in [2.24, 2.45) is 18.4 Å². The third kappa shape index (κ3) is 8.10. The summed E-state index contributed by atoms with van der Waals surface area (Å²) < 4.78 is 72.2. The van der Waals surface area contributed by atoms with Crippen LogP contribution >= 0.6 is 11.6 Å². The molecule has 0 unspecified atom stereocenters. The Balaban J connectivity index is 1.57. The van der Waals surface area contributed by atoms with E-state index in [0.29, 0.717) is 27.7 Å². The van der Waals surface area contributed by atoms with Crippen LogP contribution in [0, 0.1) is 11.3 Å². The van der Waals surface area contributed by atoms with E-state index in [1.54, 1.807) is 29.8 Å². The van der Waals surface area contributed by atoms with Crippen LogP contribution in [0.5, 0.6) is 5.75 Å². The molecule has 1 aromatic heterocycles. The predicted molar refractivity (Wildman–Crippen MR) is 158 cm³/mol. The summed E-state index contributed by atoms with van der Waals surface area (Å²) in [7, 11) is 1.68. The summed E-state index contributed by atoms with van der Waals surface area (Å²) in [6.07, 6.45) is -7.01. The van der Waals surface area contributed by atoms with Gasteiger partial charge in [-0.3, -0.25) is 9.59 Å². The lowest BCUT2D eigenvalue weighted by atomic mass is 9.85. The van der Waals surface area contributed by atoms with Crippen LogP contribution in [-0.4, -0.2) is 46.6 Å². The highest BCUT2D eigenvalue weighted by atomic mass is 35.5. The molecule has 0 bridgehead atoms. The molecule has 1 fully saturated rings. The molecule has 240 valence electrons. The number of anilines is 2. The standard InChI is InChI=1S/C30H35ClF5N5O3/c1-29(2,3)27(43)37-14-16-5-10-20(31)21(11-16)39-28-40-22-12-19(24(44-15-25(32)33)13-23(22)41(28)4)26(42)38-18-8-6-17(7-9-18)30(34,35)36/h5,10-13,17-18,25H,6-9,14-15H2,1-4H3,(H,37,43)(H,38,42)(H,39,40)/t17-,18-. The first kappa shape index (κ1) is 33.3. The summed E-state index contributed by atoms with van der Waals surface area (Å²) in [6.45, 7) is 4.74. The molecule has 1 heterocycles. The summed E-state index contributed by atoms with van der Waals surface area (Å²) in [5.74, 6) is -1.97. The average Bonchev–Trinajstić information content (AvgIpc) is 3.24. The normalized spacial score (nSPS) is 17.5. The fourth-order valence-electron chi connectivity index (χ4n) is 4.95. The molecule has 14 heteroatoms. The molecule has 1 saturated carbocycles. The topological polar surface area (TPSA) is 97.3 Å². The number of halogens is 6. The van der Waals surface area contributed by atoms with E-state index in [1.807, 2.05) is 20.8 Å². The Morgan fingerprint density at radius 1 is 1.09 bits per heavy atom. The van der Waals surface area contributed by atoms with Gasteiger partial charge < -0.3 is 25.3 Å². The number of nitrogens with one attached hydrogen (secondary N) is 3.